The molecule has 4 nitrogen and oxygen atoms in total. The molecular formula is C16H13N3OS. The van der Waals surface area contributed by atoms with Gasteiger partial charge in [0.25, 0.3) is 0 Å². The van der Waals surface area contributed by atoms with Crippen molar-refractivity contribution in [2.24, 2.45) is 0 Å². The number of hydrogen-bond acceptors (Lipinski definition) is 4. The summed E-state index contributed by atoms with van der Waals surface area (Å²) in [5, 5.41) is 18.2. The molecule has 5 heteroatoms. The van der Waals surface area contributed by atoms with E-state index in [0.29, 0.717) is 6.42 Å². The van der Waals surface area contributed by atoms with Crippen molar-refractivity contribution in [1.29, 1.82) is 0 Å². The second-order valence-corrected chi connectivity index (χ2v) is 5.89. The number of rotatable bonds is 3. The molecule has 1 N–H and O–H groups in total. The van der Waals surface area contributed by atoms with E-state index < -0.39 is 6.10 Å². The Morgan fingerprint density at radius 2 is 2.14 bits per heavy atom. The van der Waals surface area contributed by atoms with Crippen LogP contribution in [0.2, 0.25) is 0 Å². The highest BCUT2D eigenvalue weighted by Crippen LogP contribution is 2.30. The fraction of sp³-hybridized carbons (Fsp3) is 0.125. The summed E-state index contributed by atoms with van der Waals surface area (Å²) in [7, 11) is 0. The zero-order valence-corrected chi connectivity index (χ0v) is 12.0. The smallest absolute Gasteiger partial charge is 0.0903 e. The van der Waals surface area contributed by atoms with Gasteiger partial charge in [0.05, 0.1) is 24.0 Å². The molecule has 1 unspecified atom stereocenters. The lowest BCUT2D eigenvalue weighted by molar-refractivity contribution is 0.180. The molecule has 0 spiro atoms. The zero-order chi connectivity index (χ0) is 14.2. The molecule has 0 aliphatic rings. The summed E-state index contributed by atoms with van der Waals surface area (Å²) in [5.41, 5.74) is 2.84. The van der Waals surface area contributed by atoms with E-state index in [1.165, 1.54) is 15.6 Å². The minimum atomic E-state index is -0.579. The lowest BCUT2D eigenvalue weighted by Gasteiger charge is -2.08. The van der Waals surface area contributed by atoms with Crippen LogP contribution in [0.3, 0.4) is 0 Å². The summed E-state index contributed by atoms with van der Waals surface area (Å²) >= 11 is 1.71. The highest BCUT2D eigenvalue weighted by atomic mass is 32.1. The van der Waals surface area contributed by atoms with E-state index in [4.69, 9.17) is 0 Å². The molecule has 0 aliphatic carbocycles. The van der Waals surface area contributed by atoms with E-state index in [2.05, 4.69) is 27.6 Å². The van der Waals surface area contributed by atoms with Crippen molar-refractivity contribution in [1.82, 2.24) is 14.6 Å². The molecule has 0 saturated heterocycles. The number of aliphatic hydroxyl groups excluding tert-OH is 1. The van der Waals surface area contributed by atoms with Crippen LogP contribution in [0.25, 0.3) is 15.6 Å². The van der Waals surface area contributed by atoms with Gasteiger partial charge in [-0.3, -0.25) is 4.98 Å². The molecule has 3 aromatic heterocycles. The average molecular weight is 295 g/mol. The second kappa shape index (κ2) is 4.95. The lowest BCUT2D eigenvalue weighted by Crippen LogP contribution is -2.01. The van der Waals surface area contributed by atoms with Gasteiger partial charge in [-0.25, -0.2) is 4.52 Å². The van der Waals surface area contributed by atoms with Gasteiger partial charge in [-0.15, -0.1) is 11.3 Å². The molecule has 4 rings (SSSR count). The molecule has 0 aliphatic heterocycles. The first kappa shape index (κ1) is 12.5. The third-order valence-corrected chi connectivity index (χ3v) is 4.70. The number of aliphatic hydroxyl groups is 1. The number of nitrogens with zero attached hydrogens (tertiary/aromatic N) is 3. The molecule has 0 radical (unpaired) electrons. The van der Waals surface area contributed by atoms with Crippen LogP contribution in [-0.2, 0) is 6.42 Å². The van der Waals surface area contributed by atoms with Crippen LogP contribution in [0.5, 0.6) is 0 Å². The monoisotopic (exact) mass is 295 g/mol. The molecule has 4 aromatic rings. The molecule has 0 bridgehead atoms. The topological polar surface area (TPSA) is 50.4 Å². The molecular weight excluding hydrogens is 282 g/mol. The van der Waals surface area contributed by atoms with E-state index >= 15 is 0 Å². The first-order chi connectivity index (χ1) is 10.3. The fourth-order valence-electron chi connectivity index (χ4n) is 2.62. The van der Waals surface area contributed by atoms with Crippen LogP contribution in [0.15, 0.2) is 54.4 Å². The van der Waals surface area contributed by atoms with Gasteiger partial charge in [0.1, 0.15) is 0 Å². The van der Waals surface area contributed by atoms with Crippen LogP contribution >= 0.6 is 11.3 Å². The highest BCUT2D eigenvalue weighted by Gasteiger charge is 2.16. The van der Waals surface area contributed by atoms with Gasteiger partial charge in [0.2, 0.25) is 0 Å². The molecule has 21 heavy (non-hydrogen) atoms. The Kier molecular flexibility index (Phi) is 2.94. The van der Waals surface area contributed by atoms with Crippen LogP contribution < -0.4 is 0 Å². The van der Waals surface area contributed by atoms with Crippen molar-refractivity contribution >= 4 is 26.9 Å². The molecule has 0 fully saturated rings. The van der Waals surface area contributed by atoms with E-state index in [0.717, 1.165) is 11.1 Å². The highest BCUT2D eigenvalue weighted by molar-refractivity contribution is 7.17. The van der Waals surface area contributed by atoms with Crippen LogP contribution in [0.1, 0.15) is 17.2 Å². The van der Waals surface area contributed by atoms with Gasteiger partial charge in [-0.1, -0.05) is 18.2 Å². The van der Waals surface area contributed by atoms with Crippen molar-refractivity contribution in [2.75, 3.05) is 0 Å². The number of thiophene rings is 1. The van der Waals surface area contributed by atoms with Crippen molar-refractivity contribution in [3.8, 4) is 0 Å². The van der Waals surface area contributed by atoms with Gasteiger partial charge in [0, 0.05) is 29.1 Å². The summed E-state index contributed by atoms with van der Waals surface area (Å²) in [6, 6.07) is 8.28. The lowest BCUT2D eigenvalue weighted by atomic mass is 10.0. The first-order valence-electron chi connectivity index (χ1n) is 6.73. The average Bonchev–Trinajstić information content (AvgIpc) is 3.12. The van der Waals surface area contributed by atoms with Gasteiger partial charge < -0.3 is 5.11 Å². The predicted molar refractivity (Wildman–Crippen MR) is 83.5 cm³/mol. The van der Waals surface area contributed by atoms with Crippen LogP contribution in [0.4, 0.5) is 0 Å². The van der Waals surface area contributed by atoms with Gasteiger partial charge >= 0.3 is 0 Å². The SMILES string of the molecule is OC(Cc1csc2ccccc12)c1cnn2ccncc12. The number of hydrogen-bond donors (Lipinski definition) is 1. The van der Waals surface area contributed by atoms with E-state index in [-0.39, 0.29) is 0 Å². The third-order valence-electron chi connectivity index (χ3n) is 3.69. The maximum Gasteiger partial charge on any atom is 0.0903 e. The Balaban J connectivity index is 1.71. The Morgan fingerprint density at radius 3 is 3.10 bits per heavy atom. The minimum Gasteiger partial charge on any atom is -0.388 e. The number of fused-ring (bicyclic) bond motifs is 2. The Hall–Kier alpha value is -2.24. The first-order valence-corrected chi connectivity index (χ1v) is 7.61. The summed E-state index contributed by atoms with van der Waals surface area (Å²) in [4.78, 5) is 4.11. The van der Waals surface area contributed by atoms with Crippen molar-refractivity contribution in [3.63, 3.8) is 0 Å². The van der Waals surface area contributed by atoms with Gasteiger partial charge in [0.15, 0.2) is 0 Å². The van der Waals surface area contributed by atoms with Gasteiger partial charge in [-0.05, 0) is 22.4 Å². The van der Waals surface area contributed by atoms with Crippen LogP contribution in [-0.4, -0.2) is 19.7 Å². The van der Waals surface area contributed by atoms with Crippen LogP contribution in [0, 0.1) is 0 Å². The third kappa shape index (κ3) is 2.11. The van der Waals surface area contributed by atoms with E-state index in [1.807, 2.05) is 12.1 Å². The summed E-state index contributed by atoms with van der Waals surface area (Å²) in [5.74, 6) is 0. The summed E-state index contributed by atoms with van der Waals surface area (Å²) < 4.78 is 2.98. The molecule has 1 atom stereocenters. The maximum atomic E-state index is 10.6. The Morgan fingerprint density at radius 1 is 1.24 bits per heavy atom. The Labute approximate surface area is 125 Å². The number of aromatic nitrogens is 3. The summed E-state index contributed by atoms with van der Waals surface area (Å²) in [6.07, 6.45) is 6.92. The van der Waals surface area contributed by atoms with E-state index in [1.54, 1.807) is 40.6 Å². The standard InChI is InChI=1S/C16H13N3OS/c20-15(13-8-18-19-6-5-17-9-14(13)19)7-11-10-21-16-4-2-1-3-12(11)16/h1-6,8-10,15,20H,7H2. The van der Waals surface area contributed by atoms with E-state index in [9.17, 15) is 5.11 Å². The number of benzene rings is 1. The second-order valence-electron chi connectivity index (χ2n) is 4.98. The fourth-order valence-corrected chi connectivity index (χ4v) is 3.59. The predicted octanol–water partition coefficient (Wildman–Crippen LogP) is 3.22. The Bertz CT molecular complexity index is 912. The van der Waals surface area contributed by atoms with Crippen molar-refractivity contribution < 1.29 is 5.11 Å². The zero-order valence-electron chi connectivity index (χ0n) is 11.2. The van der Waals surface area contributed by atoms with Crippen molar-refractivity contribution in [2.45, 2.75) is 12.5 Å². The normalized spacial score (nSPS) is 13.0. The van der Waals surface area contributed by atoms with Crippen molar-refractivity contribution in [3.05, 3.63) is 65.6 Å². The largest absolute Gasteiger partial charge is 0.388 e. The quantitative estimate of drug-likeness (QED) is 0.631. The molecule has 0 amide bonds. The molecule has 0 saturated carbocycles. The molecule has 104 valence electrons. The summed E-state index contributed by atoms with van der Waals surface area (Å²) in [6.45, 7) is 0. The maximum absolute atomic E-state index is 10.6. The molecule has 3 heterocycles. The van der Waals surface area contributed by atoms with Gasteiger partial charge in [-0.2, -0.15) is 5.10 Å². The molecule has 1 aromatic carbocycles. The minimum absolute atomic E-state index is 0.579.